The molecule has 1 unspecified atom stereocenters. The zero-order chi connectivity index (χ0) is 15.0. The third kappa shape index (κ3) is 5.86. The standard InChI is InChI=1S/C16H25F3S/c1-3-5-7-8-10-13(9-6-4-2)14-11-12-15(20-14)16(17,18)19/h11-13H,3-10H2,1-2H3. The van der Waals surface area contributed by atoms with Crippen LogP contribution in [0.1, 0.15) is 80.9 Å². The summed E-state index contributed by atoms with van der Waals surface area (Å²) in [5.74, 6) is 0.313. The number of hydrogen-bond acceptors (Lipinski definition) is 1. The van der Waals surface area contributed by atoms with Crippen molar-refractivity contribution < 1.29 is 13.2 Å². The molecule has 1 heterocycles. The van der Waals surface area contributed by atoms with E-state index in [2.05, 4.69) is 13.8 Å². The summed E-state index contributed by atoms with van der Waals surface area (Å²) in [6, 6.07) is 2.93. The van der Waals surface area contributed by atoms with Gasteiger partial charge in [0, 0.05) is 4.88 Å². The van der Waals surface area contributed by atoms with Gasteiger partial charge in [-0.2, -0.15) is 13.2 Å². The van der Waals surface area contributed by atoms with Gasteiger partial charge in [0.2, 0.25) is 0 Å². The summed E-state index contributed by atoms with van der Waals surface area (Å²) in [7, 11) is 0. The average Bonchev–Trinajstić information content (AvgIpc) is 2.87. The van der Waals surface area contributed by atoms with Gasteiger partial charge in [-0.3, -0.25) is 0 Å². The molecule has 20 heavy (non-hydrogen) atoms. The number of unbranched alkanes of at least 4 members (excludes halogenated alkanes) is 4. The smallest absolute Gasteiger partial charge is 0.165 e. The van der Waals surface area contributed by atoms with Gasteiger partial charge in [0.05, 0.1) is 0 Å². The average molecular weight is 306 g/mol. The molecule has 0 fully saturated rings. The van der Waals surface area contributed by atoms with E-state index in [-0.39, 0.29) is 0 Å². The van der Waals surface area contributed by atoms with Gasteiger partial charge in [0.25, 0.3) is 0 Å². The molecule has 0 saturated heterocycles. The second-order valence-electron chi connectivity index (χ2n) is 5.39. The van der Waals surface area contributed by atoms with Gasteiger partial charge in [-0.15, -0.1) is 11.3 Å². The van der Waals surface area contributed by atoms with Crippen LogP contribution in [0.25, 0.3) is 0 Å². The van der Waals surface area contributed by atoms with E-state index in [1.807, 2.05) is 0 Å². The van der Waals surface area contributed by atoms with E-state index in [0.717, 1.165) is 48.3 Å². The molecule has 0 aliphatic carbocycles. The molecule has 0 aromatic carbocycles. The minimum absolute atomic E-state index is 0.313. The van der Waals surface area contributed by atoms with Crippen molar-refractivity contribution in [1.82, 2.24) is 0 Å². The predicted octanol–water partition coefficient (Wildman–Crippen LogP) is 7.01. The van der Waals surface area contributed by atoms with Crippen LogP contribution in [0.5, 0.6) is 0 Å². The molecular formula is C16H25F3S. The van der Waals surface area contributed by atoms with Gasteiger partial charge < -0.3 is 0 Å². The van der Waals surface area contributed by atoms with Crippen LogP contribution in [0.3, 0.4) is 0 Å². The lowest BCUT2D eigenvalue weighted by Crippen LogP contribution is -2.01. The lowest BCUT2D eigenvalue weighted by atomic mass is 9.94. The summed E-state index contributed by atoms with van der Waals surface area (Å²) in [4.78, 5) is 0.463. The van der Waals surface area contributed by atoms with Crippen molar-refractivity contribution in [3.05, 3.63) is 21.9 Å². The van der Waals surface area contributed by atoms with Crippen molar-refractivity contribution in [3.8, 4) is 0 Å². The first-order valence-electron chi connectivity index (χ1n) is 7.66. The SMILES string of the molecule is CCCCCCC(CCCC)c1ccc(C(F)(F)F)s1. The van der Waals surface area contributed by atoms with E-state index in [1.54, 1.807) is 6.07 Å². The highest BCUT2D eigenvalue weighted by Crippen LogP contribution is 2.39. The molecule has 1 rings (SSSR count). The minimum atomic E-state index is -4.19. The molecule has 0 aliphatic rings. The molecular weight excluding hydrogens is 281 g/mol. The summed E-state index contributed by atoms with van der Waals surface area (Å²) in [5.41, 5.74) is 0. The lowest BCUT2D eigenvalue weighted by Gasteiger charge is -2.15. The van der Waals surface area contributed by atoms with Gasteiger partial charge in [0.15, 0.2) is 0 Å². The third-order valence-corrected chi connectivity index (χ3v) is 4.91. The molecule has 0 saturated carbocycles. The van der Waals surface area contributed by atoms with Gasteiger partial charge in [-0.05, 0) is 30.9 Å². The molecule has 1 atom stereocenters. The van der Waals surface area contributed by atoms with Crippen LogP contribution in [0.4, 0.5) is 13.2 Å². The maximum Gasteiger partial charge on any atom is 0.425 e. The minimum Gasteiger partial charge on any atom is -0.165 e. The molecule has 0 N–H and O–H groups in total. The molecule has 0 amide bonds. The zero-order valence-electron chi connectivity index (χ0n) is 12.4. The Balaban J connectivity index is 2.64. The van der Waals surface area contributed by atoms with Gasteiger partial charge in [0.1, 0.15) is 4.88 Å². The molecule has 1 aromatic rings. The summed E-state index contributed by atoms with van der Waals surface area (Å²) in [6.07, 6.45) is 4.77. The first-order valence-corrected chi connectivity index (χ1v) is 8.47. The van der Waals surface area contributed by atoms with Crippen molar-refractivity contribution >= 4 is 11.3 Å². The lowest BCUT2D eigenvalue weighted by molar-refractivity contribution is -0.134. The maximum atomic E-state index is 12.7. The highest BCUT2D eigenvalue weighted by atomic mass is 32.1. The van der Waals surface area contributed by atoms with Crippen LogP contribution in [0.2, 0.25) is 0 Å². The number of thiophene rings is 1. The molecule has 0 spiro atoms. The highest BCUT2D eigenvalue weighted by Gasteiger charge is 2.33. The van der Waals surface area contributed by atoms with E-state index in [9.17, 15) is 13.2 Å². The van der Waals surface area contributed by atoms with Crippen LogP contribution in [0, 0.1) is 0 Å². The van der Waals surface area contributed by atoms with Crippen LogP contribution < -0.4 is 0 Å². The summed E-state index contributed by atoms with van der Waals surface area (Å²) in [6.45, 7) is 4.30. The fraction of sp³-hybridized carbons (Fsp3) is 0.750. The first-order chi connectivity index (χ1) is 9.49. The number of rotatable bonds is 9. The Bertz CT molecular complexity index is 368. The predicted molar refractivity (Wildman–Crippen MR) is 80.3 cm³/mol. The number of halogens is 3. The summed E-state index contributed by atoms with van der Waals surface area (Å²) in [5, 5.41) is 0. The van der Waals surface area contributed by atoms with E-state index >= 15 is 0 Å². The van der Waals surface area contributed by atoms with Crippen LogP contribution in [-0.2, 0) is 6.18 Å². The van der Waals surface area contributed by atoms with Crippen LogP contribution in [-0.4, -0.2) is 0 Å². The Morgan fingerprint density at radius 2 is 1.60 bits per heavy atom. The fourth-order valence-electron chi connectivity index (χ4n) is 2.42. The second kappa shape index (κ2) is 8.71. The topological polar surface area (TPSA) is 0 Å². The monoisotopic (exact) mass is 306 g/mol. The van der Waals surface area contributed by atoms with Crippen molar-refractivity contribution in [2.24, 2.45) is 0 Å². The van der Waals surface area contributed by atoms with Gasteiger partial charge in [-0.25, -0.2) is 0 Å². The highest BCUT2D eigenvalue weighted by molar-refractivity contribution is 7.12. The Labute approximate surface area is 124 Å². The summed E-state index contributed by atoms with van der Waals surface area (Å²) < 4.78 is 38.0. The quantitative estimate of drug-likeness (QED) is 0.430. The molecule has 0 radical (unpaired) electrons. The van der Waals surface area contributed by atoms with E-state index in [4.69, 9.17) is 0 Å². The van der Waals surface area contributed by atoms with Gasteiger partial charge in [-0.1, -0.05) is 52.4 Å². The fourth-order valence-corrected chi connectivity index (χ4v) is 3.47. The molecule has 4 heteroatoms. The maximum absolute atomic E-state index is 12.7. The Morgan fingerprint density at radius 1 is 0.950 bits per heavy atom. The van der Waals surface area contributed by atoms with E-state index in [0.29, 0.717) is 5.92 Å². The van der Waals surface area contributed by atoms with Crippen molar-refractivity contribution in [2.75, 3.05) is 0 Å². The number of hydrogen-bond donors (Lipinski definition) is 0. The van der Waals surface area contributed by atoms with Crippen molar-refractivity contribution in [2.45, 2.75) is 77.3 Å². The third-order valence-electron chi connectivity index (χ3n) is 3.62. The van der Waals surface area contributed by atoms with Crippen molar-refractivity contribution in [3.63, 3.8) is 0 Å². The van der Waals surface area contributed by atoms with Gasteiger partial charge >= 0.3 is 6.18 Å². The summed E-state index contributed by atoms with van der Waals surface area (Å²) >= 11 is 0.937. The van der Waals surface area contributed by atoms with Crippen molar-refractivity contribution in [1.29, 1.82) is 0 Å². The largest absolute Gasteiger partial charge is 0.425 e. The Hall–Kier alpha value is -0.510. The van der Waals surface area contributed by atoms with Crippen LogP contribution in [0.15, 0.2) is 12.1 Å². The van der Waals surface area contributed by atoms with Crippen LogP contribution >= 0.6 is 11.3 Å². The Kier molecular flexibility index (Phi) is 7.63. The molecule has 116 valence electrons. The van der Waals surface area contributed by atoms with E-state index < -0.39 is 11.1 Å². The second-order valence-corrected chi connectivity index (χ2v) is 6.50. The zero-order valence-corrected chi connectivity index (χ0v) is 13.2. The molecule has 1 aromatic heterocycles. The normalized spacial score (nSPS) is 13.7. The molecule has 0 aliphatic heterocycles. The molecule has 0 nitrogen and oxygen atoms in total. The number of alkyl halides is 3. The molecule has 0 bridgehead atoms. The van der Waals surface area contributed by atoms with E-state index in [1.165, 1.54) is 25.3 Å². The first kappa shape index (κ1) is 17.5. The Morgan fingerprint density at radius 3 is 2.15 bits per heavy atom.